The van der Waals surface area contributed by atoms with Crippen LogP contribution >= 0.6 is 0 Å². The number of likely N-dealkylation sites (tertiary alicyclic amines) is 1. The van der Waals surface area contributed by atoms with Crippen molar-refractivity contribution in [2.75, 3.05) is 26.7 Å². The Morgan fingerprint density at radius 1 is 1.15 bits per heavy atom. The lowest BCUT2D eigenvalue weighted by molar-refractivity contribution is -0.140. The van der Waals surface area contributed by atoms with Gasteiger partial charge in [0.2, 0.25) is 5.91 Å². The molecule has 0 atom stereocenters. The van der Waals surface area contributed by atoms with Crippen molar-refractivity contribution in [1.29, 1.82) is 0 Å². The first kappa shape index (κ1) is 19.2. The van der Waals surface area contributed by atoms with Crippen molar-refractivity contribution in [2.24, 2.45) is 5.92 Å². The van der Waals surface area contributed by atoms with Crippen LogP contribution in [0.1, 0.15) is 32.3 Å². The molecule has 1 aromatic carbocycles. The average molecular weight is 373 g/mol. The number of urea groups is 1. The number of nitrogens with zero attached hydrogens (tertiary/aromatic N) is 3. The van der Waals surface area contributed by atoms with Crippen molar-refractivity contribution in [2.45, 2.75) is 38.6 Å². The number of benzene rings is 1. The van der Waals surface area contributed by atoms with E-state index >= 15 is 0 Å². The fraction of sp³-hybridized carbons (Fsp3) is 0.550. The zero-order valence-electron chi connectivity index (χ0n) is 16.1. The minimum atomic E-state index is -0.814. The van der Waals surface area contributed by atoms with Gasteiger partial charge in [0.25, 0.3) is 5.91 Å². The molecule has 27 heavy (non-hydrogen) atoms. The predicted octanol–water partition coefficient (Wildman–Crippen LogP) is 1.85. The van der Waals surface area contributed by atoms with E-state index in [0.717, 1.165) is 5.56 Å². The molecule has 3 rings (SSSR count). The van der Waals surface area contributed by atoms with E-state index in [4.69, 9.17) is 0 Å². The number of hydrogen-bond acceptors (Lipinski definition) is 4. The smallest absolute Gasteiger partial charge is 0.327 e. The van der Waals surface area contributed by atoms with Crippen LogP contribution < -0.4 is 0 Å². The van der Waals surface area contributed by atoms with Gasteiger partial charge in [-0.2, -0.15) is 0 Å². The summed E-state index contributed by atoms with van der Waals surface area (Å²) in [7, 11) is 1.54. The van der Waals surface area contributed by atoms with Gasteiger partial charge in [0, 0.05) is 26.7 Å². The fourth-order valence-corrected chi connectivity index (χ4v) is 4.01. The molecule has 2 saturated heterocycles. The zero-order valence-corrected chi connectivity index (χ0v) is 16.1. The molecule has 1 N–H and O–H groups in total. The number of piperidine rings is 1. The van der Waals surface area contributed by atoms with Crippen LogP contribution in [0.15, 0.2) is 24.3 Å². The van der Waals surface area contributed by atoms with Gasteiger partial charge in [-0.05, 0) is 36.5 Å². The molecule has 0 aromatic heterocycles. The van der Waals surface area contributed by atoms with Crippen LogP contribution in [0.2, 0.25) is 0 Å². The number of likely N-dealkylation sites (N-methyl/N-ethyl adjacent to an activating group) is 1. The lowest BCUT2D eigenvalue weighted by Gasteiger charge is -2.42. The van der Waals surface area contributed by atoms with E-state index < -0.39 is 5.54 Å². The second-order valence-electron chi connectivity index (χ2n) is 7.91. The van der Waals surface area contributed by atoms with Crippen molar-refractivity contribution in [3.63, 3.8) is 0 Å². The van der Waals surface area contributed by atoms with E-state index in [9.17, 15) is 19.5 Å². The number of phenolic OH excluding ortho intramolecular Hbond substituents is 1. The van der Waals surface area contributed by atoms with Gasteiger partial charge in [-0.3, -0.25) is 14.5 Å². The first-order valence-corrected chi connectivity index (χ1v) is 9.40. The molecular weight excluding hydrogens is 346 g/mol. The highest BCUT2D eigenvalue weighted by Gasteiger charge is 2.57. The number of hydrogen-bond donors (Lipinski definition) is 1. The number of amides is 4. The standard InChI is InChI=1S/C20H27N3O4/c1-14(2)13-23-19(27)21(3)18(26)20(23)8-10-22(11-9-20)17(25)12-15-4-6-16(24)7-5-15/h4-7,14,24H,8-13H2,1-3H3. The monoisotopic (exact) mass is 373 g/mol. The van der Waals surface area contributed by atoms with Gasteiger partial charge in [-0.25, -0.2) is 4.79 Å². The fourth-order valence-electron chi connectivity index (χ4n) is 4.01. The van der Waals surface area contributed by atoms with Gasteiger partial charge in [0.05, 0.1) is 6.42 Å². The third-order valence-electron chi connectivity index (χ3n) is 5.52. The van der Waals surface area contributed by atoms with E-state index in [-0.39, 0.29) is 35.9 Å². The number of rotatable bonds is 4. The van der Waals surface area contributed by atoms with Gasteiger partial charge in [-0.15, -0.1) is 0 Å². The van der Waals surface area contributed by atoms with Gasteiger partial charge < -0.3 is 14.9 Å². The second kappa shape index (κ2) is 7.21. The molecule has 1 aromatic rings. The molecule has 4 amide bonds. The topological polar surface area (TPSA) is 81.2 Å². The highest BCUT2D eigenvalue weighted by Crippen LogP contribution is 2.37. The molecular formula is C20H27N3O4. The summed E-state index contributed by atoms with van der Waals surface area (Å²) in [5.41, 5.74) is 0.0252. The predicted molar refractivity (Wildman–Crippen MR) is 100 cm³/mol. The molecule has 2 fully saturated rings. The number of phenols is 1. The maximum absolute atomic E-state index is 12.8. The molecule has 146 valence electrons. The molecule has 0 saturated carbocycles. The minimum absolute atomic E-state index is 0.00363. The lowest BCUT2D eigenvalue weighted by Crippen LogP contribution is -2.58. The Bertz CT molecular complexity index is 736. The molecule has 2 aliphatic heterocycles. The van der Waals surface area contributed by atoms with Crippen LogP contribution in [0, 0.1) is 5.92 Å². The maximum atomic E-state index is 12.8. The van der Waals surface area contributed by atoms with Crippen LogP contribution in [0.3, 0.4) is 0 Å². The van der Waals surface area contributed by atoms with Crippen molar-refractivity contribution < 1.29 is 19.5 Å². The molecule has 1 spiro atoms. The van der Waals surface area contributed by atoms with Gasteiger partial charge >= 0.3 is 6.03 Å². The third-order valence-corrected chi connectivity index (χ3v) is 5.52. The van der Waals surface area contributed by atoms with Crippen molar-refractivity contribution >= 4 is 17.8 Å². The summed E-state index contributed by atoms with van der Waals surface area (Å²) in [6, 6.07) is 6.36. The van der Waals surface area contributed by atoms with Crippen LogP contribution in [-0.2, 0) is 16.0 Å². The Labute approximate surface area is 159 Å². The summed E-state index contributed by atoms with van der Waals surface area (Å²) in [5.74, 6) is 0.277. The first-order chi connectivity index (χ1) is 12.7. The highest BCUT2D eigenvalue weighted by molar-refractivity contribution is 6.07. The molecule has 7 nitrogen and oxygen atoms in total. The normalized spacial score (nSPS) is 19.5. The van der Waals surface area contributed by atoms with Crippen molar-refractivity contribution in [3.05, 3.63) is 29.8 Å². The quantitative estimate of drug-likeness (QED) is 0.817. The Hall–Kier alpha value is -2.57. The number of imide groups is 1. The largest absolute Gasteiger partial charge is 0.508 e. The lowest BCUT2D eigenvalue weighted by atomic mass is 9.85. The van der Waals surface area contributed by atoms with Crippen molar-refractivity contribution in [1.82, 2.24) is 14.7 Å². The average Bonchev–Trinajstić information content (AvgIpc) is 2.80. The number of carbonyl (C=O) groups excluding carboxylic acids is 3. The third kappa shape index (κ3) is 3.50. The minimum Gasteiger partial charge on any atom is -0.508 e. The Morgan fingerprint density at radius 2 is 1.74 bits per heavy atom. The molecule has 0 unspecified atom stereocenters. The number of carbonyl (C=O) groups is 3. The van der Waals surface area contributed by atoms with Crippen LogP contribution in [0.25, 0.3) is 0 Å². The van der Waals surface area contributed by atoms with E-state index in [0.29, 0.717) is 32.5 Å². The Balaban J connectivity index is 1.69. The summed E-state index contributed by atoms with van der Waals surface area (Å²) in [6.45, 7) is 5.51. The van der Waals surface area contributed by atoms with Crippen molar-refractivity contribution in [3.8, 4) is 5.75 Å². The highest BCUT2D eigenvalue weighted by atomic mass is 16.3. The SMILES string of the molecule is CC(C)CN1C(=O)N(C)C(=O)C12CCN(C(=O)Cc1ccc(O)cc1)CC2. The van der Waals surface area contributed by atoms with E-state index in [2.05, 4.69) is 0 Å². The molecule has 2 heterocycles. The van der Waals surface area contributed by atoms with E-state index in [1.165, 1.54) is 11.9 Å². The van der Waals surface area contributed by atoms with Gasteiger partial charge in [0.1, 0.15) is 11.3 Å². The van der Waals surface area contributed by atoms with E-state index in [1.807, 2.05) is 13.8 Å². The van der Waals surface area contributed by atoms with Gasteiger partial charge in [-0.1, -0.05) is 26.0 Å². The zero-order chi connectivity index (χ0) is 19.8. The molecule has 0 radical (unpaired) electrons. The number of aromatic hydroxyl groups is 1. The summed E-state index contributed by atoms with van der Waals surface area (Å²) in [5, 5.41) is 9.35. The maximum Gasteiger partial charge on any atom is 0.327 e. The summed E-state index contributed by atoms with van der Waals surface area (Å²) < 4.78 is 0. The van der Waals surface area contributed by atoms with Crippen LogP contribution in [0.5, 0.6) is 5.75 Å². The van der Waals surface area contributed by atoms with E-state index in [1.54, 1.807) is 34.1 Å². The Morgan fingerprint density at radius 3 is 2.30 bits per heavy atom. The first-order valence-electron chi connectivity index (χ1n) is 9.40. The molecule has 0 aliphatic carbocycles. The molecule has 7 heteroatoms. The summed E-state index contributed by atoms with van der Waals surface area (Å²) in [6.07, 6.45) is 1.20. The summed E-state index contributed by atoms with van der Waals surface area (Å²) in [4.78, 5) is 42.7. The molecule has 2 aliphatic rings. The second-order valence-corrected chi connectivity index (χ2v) is 7.91. The van der Waals surface area contributed by atoms with Crippen LogP contribution in [-0.4, -0.2) is 69.9 Å². The van der Waals surface area contributed by atoms with Crippen LogP contribution in [0.4, 0.5) is 4.79 Å². The Kier molecular flexibility index (Phi) is 5.13. The van der Waals surface area contributed by atoms with Gasteiger partial charge in [0.15, 0.2) is 0 Å². The summed E-state index contributed by atoms with van der Waals surface area (Å²) >= 11 is 0. The molecule has 0 bridgehead atoms.